The van der Waals surface area contributed by atoms with E-state index in [0.29, 0.717) is 0 Å². The van der Waals surface area contributed by atoms with Crippen molar-refractivity contribution in [3.05, 3.63) is 0 Å². The maximum Gasteiger partial charge on any atom is 4.00 e. The van der Waals surface area contributed by atoms with Crippen LogP contribution in [0.3, 0.4) is 0 Å². The molecule has 0 fully saturated rings. The first-order chi connectivity index (χ1) is 0. The Hall–Kier alpha value is 1.29. The van der Waals surface area contributed by atoms with Gasteiger partial charge in [-0.05, 0) is 0 Å². The fraction of sp³-hybridized carbons (Fsp3) is 0. The molecule has 0 aliphatic rings. The minimum absolute atomic E-state index is 0. The predicted octanol–water partition coefficient (Wildman–Crippen LogP) is -0.977. The second-order valence-electron chi connectivity index (χ2n) is 0. The van der Waals surface area contributed by atoms with Crippen molar-refractivity contribution in [2.75, 3.05) is 0 Å². The molecular formula is O5SnW-6. The van der Waals surface area contributed by atoms with Gasteiger partial charge in [-0.2, -0.15) is 0 Å². The van der Waals surface area contributed by atoms with Gasteiger partial charge in [-0.15, -0.1) is 0 Å². The fourth-order valence-electron chi connectivity index (χ4n) is 0. The summed E-state index contributed by atoms with van der Waals surface area (Å²) in [4.78, 5) is 0. The van der Waals surface area contributed by atoms with Gasteiger partial charge in [0.05, 0.1) is 0 Å². The molecule has 0 bridgehead atoms. The van der Waals surface area contributed by atoms with Gasteiger partial charge in [-0.3, -0.25) is 0 Å². The summed E-state index contributed by atoms with van der Waals surface area (Å²) >= 11 is 0. The van der Waals surface area contributed by atoms with Crippen molar-refractivity contribution >= 4 is 23.9 Å². The SMILES string of the molecule is [O-2].[O-2].[O-2].[O-2].[O-2].[Sn+4].[W]. The van der Waals surface area contributed by atoms with Crippen LogP contribution in [0.5, 0.6) is 0 Å². The molecule has 0 unspecified atom stereocenters. The number of rotatable bonds is 0. The molecule has 0 aromatic heterocycles. The Kier molecular flexibility index (Phi) is 6600. The summed E-state index contributed by atoms with van der Waals surface area (Å²) in [5, 5.41) is 0. The van der Waals surface area contributed by atoms with Crippen molar-refractivity contribution in [2.45, 2.75) is 0 Å². The van der Waals surface area contributed by atoms with E-state index in [1.807, 2.05) is 0 Å². The van der Waals surface area contributed by atoms with Crippen LogP contribution in [0.2, 0.25) is 0 Å². The summed E-state index contributed by atoms with van der Waals surface area (Å²) < 4.78 is 0. The van der Waals surface area contributed by atoms with E-state index in [1.165, 1.54) is 0 Å². The van der Waals surface area contributed by atoms with E-state index in [4.69, 9.17) is 0 Å². The van der Waals surface area contributed by atoms with Gasteiger partial charge in [0.15, 0.2) is 0 Å². The van der Waals surface area contributed by atoms with Crippen molar-refractivity contribution in [3.63, 3.8) is 0 Å². The quantitative estimate of drug-likeness (QED) is 0.475. The molecule has 0 atom stereocenters. The van der Waals surface area contributed by atoms with Crippen molar-refractivity contribution in [2.24, 2.45) is 0 Å². The topological polar surface area (TPSA) is 142 Å². The molecule has 0 spiro atoms. The van der Waals surface area contributed by atoms with Gasteiger partial charge in [-0.1, -0.05) is 0 Å². The molecular weight excluding hydrogens is 383 g/mol. The van der Waals surface area contributed by atoms with Gasteiger partial charge >= 0.3 is 23.9 Å². The summed E-state index contributed by atoms with van der Waals surface area (Å²) in [6.07, 6.45) is 0. The summed E-state index contributed by atoms with van der Waals surface area (Å²) in [7, 11) is 0. The second kappa shape index (κ2) is 174. The average molecular weight is 383 g/mol. The molecule has 0 amide bonds. The molecule has 0 aliphatic heterocycles. The van der Waals surface area contributed by atoms with Gasteiger partial charge in [0.25, 0.3) is 0 Å². The molecule has 7 heteroatoms. The van der Waals surface area contributed by atoms with Gasteiger partial charge in [0.2, 0.25) is 0 Å². The van der Waals surface area contributed by atoms with Crippen LogP contribution < -0.4 is 0 Å². The van der Waals surface area contributed by atoms with Crippen LogP contribution in [0.1, 0.15) is 0 Å². The predicted molar refractivity (Wildman–Crippen MR) is 9.19 cm³/mol. The first kappa shape index (κ1) is 266. The molecule has 0 aromatic carbocycles. The van der Waals surface area contributed by atoms with Crippen molar-refractivity contribution in [1.82, 2.24) is 0 Å². The van der Waals surface area contributed by atoms with Gasteiger partial charge in [0.1, 0.15) is 0 Å². The third-order valence-corrected chi connectivity index (χ3v) is 0. The van der Waals surface area contributed by atoms with Crippen molar-refractivity contribution in [3.8, 4) is 0 Å². The zero-order chi connectivity index (χ0) is 0. The zero-order valence-electron chi connectivity index (χ0n) is 2.95. The van der Waals surface area contributed by atoms with Crippen LogP contribution in [0.15, 0.2) is 0 Å². The fourth-order valence-corrected chi connectivity index (χ4v) is 0. The Labute approximate surface area is 72.2 Å². The van der Waals surface area contributed by atoms with Crippen LogP contribution in [0.25, 0.3) is 0 Å². The Balaban J connectivity index is 0. The van der Waals surface area contributed by atoms with Crippen LogP contribution in [-0.4, -0.2) is 23.9 Å². The third-order valence-electron chi connectivity index (χ3n) is 0. The van der Waals surface area contributed by atoms with Gasteiger partial charge < -0.3 is 27.4 Å². The minimum atomic E-state index is 0. The molecule has 0 rings (SSSR count). The summed E-state index contributed by atoms with van der Waals surface area (Å²) in [6, 6.07) is 0. The van der Waals surface area contributed by atoms with E-state index in [2.05, 4.69) is 0 Å². The Morgan fingerprint density at radius 3 is 0.429 bits per heavy atom. The standard InChI is InChI=1S/5O.Sn.W/q5*-2;+4;. The normalized spacial score (nSPS) is 0. The molecule has 0 saturated heterocycles. The largest absolute Gasteiger partial charge is 4.00 e. The van der Waals surface area contributed by atoms with Crippen LogP contribution >= 0.6 is 0 Å². The van der Waals surface area contributed by atoms with Crippen molar-refractivity contribution < 1.29 is 48.4 Å². The monoisotopic (exact) mass is 384 g/mol. The van der Waals surface area contributed by atoms with E-state index < -0.39 is 0 Å². The molecule has 0 radical (unpaired) electrons. The van der Waals surface area contributed by atoms with E-state index in [9.17, 15) is 0 Å². The number of hydrogen-bond donors (Lipinski definition) is 0. The van der Waals surface area contributed by atoms with Crippen molar-refractivity contribution in [1.29, 1.82) is 0 Å². The Bertz CT molecular complexity index is 8.04. The van der Waals surface area contributed by atoms with Crippen LogP contribution in [0, 0.1) is 0 Å². The zero-order valence-corrected chi connectivity index (χ0v) is 8.74. The molecule has 46 valence electrons. The van der Waals surface area contributed by atoms with Gasteiger partial charge in [0, 0.05) is 21.1 Å². The smallest absolute Gasteiger partial charge is 2.00 e. The van der Waals surface area contributed by atoms with E-state index in [-0.39, 0.29) is 72.4 Å². The maximum atomic E-state index is 0. The minimum Gasteiger partial charge on any atom is -2.00 e. The van der Waals surface area contributed by atoms with Gasteiger partial charge in [-0.25, -0.2) is 0 Å². The first-order valence-corrected chi connectivity index (χ1v) is 0. The van der Waals surface area contributed by atoms with Crippen LogP contribution in [-0.2, 0) is 48.4 Å². The summed E-state index contributed by atoms with van der Waals surface area (Å²) in [5.74, 6) is 0. The van der Waals surface area contributed by atoms with E-state index in [1.54, 1.807) is 0 Å². The van der Waals surface area contributed by atoms with E-state index in [0.717, 1.165) is 0 Å². The third kappa shape index (κ3) is 123. The molecule has 0 aliphatic carbocycles. The average Bonchev–Trinajstić information content (AvgIpc) is 0. The molecule has 7 heavy (non-hydrogen) atoms. The molecule has 0 aromatic rings. The Morgan fingerprint density at radius 2 is 0.429 bits per heavy atom. The molecule has 0 N–H and O–H groups in total. The first-order valence-electron chi connectivity index (χ1n) is 0. The molecule has 5 nitrogen and oxygen atoms in total. The van der Waals surface area contributed by atoms with Crippen LogP contribution in [0.4, 0.5) is 0 Å². The maximum absolute atomic E-state index is 0. The van der Waals surface area contributed by atoms with E-state index >= 15 is 0 Å². The molecule has 0 heterocycles. The number of hydrogen-bond acceptors (Lipinski definition) is 0. The molecule has 0 saturated carbocycles. The summed E-state index contributed by atoms with van der Waals surface area (Å²) in [6.45, 7) is 0. The second-order valence-corrected chi connectivity index (χ2v) is 0. The Morgan fingerprint density at radius 1 is 0.429 bits per heavy atom. The summed E-state index contributed by atoms with van der Waals surface area (Å²) in [5.41, 5.74) is 0.